The van der Waals surface area contributed by atoms with Crippen molar-refractivity contribution in [1.29, 1.82) is 0 Å². The standard InChI is InChI=1S/C14H18N4/c1-3-7-12-11(5-1)6-2-4-8-13(12)15-9-14-16-10-17-18-14/h1,3,5,7,10,13,15H,2,4,6,8-9H2,(H,16,17,18). The van der Waals surface area contributed by atoms with Gasteiger partial charge < -0.3 is 5.32 Å². The molecule has 1 unspecified atom stereocenters. The zero-order valence-electron chi connectivity index (χ0n) is 10.4. The van der Waals surface area contributed by atoms with Crippen molar-refractivity contribution in [1.82, 2.24) is 20.5 Å². The van der Waals surface area contributed by atoms with Gasteiger partial charge in [0.05, 0.1) is 6.54 Å². The minimum absolute atomic E-state index is 0.439. The molecule has 1 aliphatic rings. The zero-order valence-corrected chi connectivity index (χ0v) is 10.4. The lowest BCUT2D eigenvalue weighted by atomic mass is 9.99. The maximum atomic E-state index is 4.15. The predicted molar refractivity (Wildman–Crippen MR) is 70.0 cm³/mol. The molecule has 0 bridgehead atoms. The summed E-state index contributed by atoms with van der Waals surface area (Å²) in [5.41, 5.74) is 2.94. The summed E-state index contributed by atoms with van der Waals surface area (Å²) in [6.45, 7) is 0.749. The van der Waals surface area contributed by atoms with Crippen molar-refractivity contribution in [3.63, 3.8) is 0 Å². The van der Waals surface area contributed by atoms with Gasteiger partial charge in [-0.15, -0.1) is 0 Å². The Labute approximate surface area is 107 Å². The average molecular weight is 242 g/mol. The van der Waals surface area contributed by atoms with Crippen molar-refractivity contribution in [3.05, 3.63) is 47.5 Å². The van der Waals surface area contributed by atoms with Crippen LogP contribution < -0.4 is 5.32 Å². The Morgan fingerprint density at radius 2 is 2.22 bits per heavy atom. The highest BCUT2D eigenvalue weighted by molar-refractivity contribution is 5.31. The Morgan fingerprint density at radius 1 is 1.28 bits per heavy atom. The second-order valence-corrected chi connectivity index (χ2v) is 4.81. The molecule has 0 aliphatic heterocycles. The van der Waals surface area contributed by atoms with Gasteiger partial charge in [-0.05, 0) is 30.4 Å². The quantitative estimate of drug-likeness (QED) is 0.812. The third-order valence-corrected chi connectivity index (χ3v) is 3.60. The fraction of sp³-hybridized carbons (Fsp3) is 0.429. The van der Waals surface area contributed by atoms with Crippen molar-refractivity contribution < 1.29 is 0 Å². The number of fused-ring (bicyclic) bond motifs is 1. The van der Waals surface area contributed by atoms with Crippen LogP contribution in [0.4, 0.5) is 0 Å². The highest BCUT2D eigenvalue weighted by atomic mass is 15.2. The van der Waals surface area contributed by atoms with E-state index < -0.39 is 0 Å². The smallest absolute Gasteiger partial charge is 0.138 e. The topological polar surface area (TPSA) is 53.6 Å². The molecule has 1 heterocycles. The van der Waals surface area contributed by atoms with Gasteiger partial charge in [-0.2, -0.15) is 5.10 Å². The largest absolute Gasteiger partial charge is 0.303 e. The summed E-state index contributed by atoms with van der Waals surface area (Å²) in [6.07, 6.45) is 6.53. The van der Waals surface area contributed by atoms with Gasteiger partial charge in [0.25, 0.3) is 0 Å². The van der Waals surface area contributed by atoms with E-state index in [1.54, 1.807) is 6.33 Å². The molecular formula is C14H18N4. The summed E-state index contributed by atoms with van der Waals surface area (Å²) in [7, 11) is 0. The van der Waals surface area contributed by atoms with Crippen molar-refractivity contribution in [2.24, 2.45) is 0 Å². The van der Waals surface area contributed by atoms with E-state index >= 15 is 0 Å². The number of nitrogens with one attached hydrogen (secondary N) is 2. The summed E-state index contributed by atoms with van der Waals surface area (Å²) in [5.74, 6) is 0.900. The molecule has 18 heavy (non-hydrogen) atoms. The molecule has 0 fully saturated rings. The first-order chi connectivity index (χ1) is 8.93. The first kappa shape index (κ1) is 11.4. The normalized spacial score (nSPS) is 19.2. The molecule has 0 spiro atoms. The van der Waals surface area contributed by atoms with Gasteiger partial charge in [0, 0.05) is 6.04 Å². The predicted octanol–water partition coefficient (Wildman–Crippen LogP) is 2.36. The van der Waals surface area contributed by atoms with E-state index in [1.165, 1.54) is 36.8 Å². The van der Waals surface area contributed by atoms with Crippen LogP contribution in [-0.4, -0.2) is 15.2 Å². The molecule has 0 amide bonds. The number of hydrogen-bond donors (Lipinski definition) is 2. The first-order valence-corrected chi connectivity index (χ1v) is 6.59. The summed E-state index contributed by atoms with van der Waals surface area (Å²) in [5, 5.41) is 10.4. The van der Waals surface area contributed by atoms with Crippen molar-refractivity contribution >= 4 is 0 Å². The maximum absolute atomic E-state index is 4.15. The molecule has 0 saturated carbocycles. The van der Waals surface area contributed by atoms with Gasteiger partial charge in [-0.3, -0.25) is 5.10 Å². The molecule has 3 rings (SSSR count). The minimum Gasteiger partial charge on any atom is -0.303 e. The molecule has 4 nitrogen and oxygen atoms in total. The molecule has 4 heteroatoms. The molecule has 0 radical (unpaired) electrons. The Morgan fingerprint density at radius 3 is 3.11 bits per heavy atom. The summed E-state index contributed by atoms with van der Waals surface area (Å²) in [4.78, 5) is 4.15. The van der Waals surface area contributed by atoms with Crippen LogP contribution in [0.1, 0.15) is 42.3 Å². The van der Waals surface area contributed by atoms with Crippen LogP contribution >= 0.6 is 0 Å². The van der Waals surface area contributed by atoms with Gasteiger partial charge in [0.15, 0.2) is 0 Å². The third kappa shape index (κ3) is 2.43. The van der Waals surface area contributed by atoms with E-state index in [2.05, 4.69) is 44.8 Å². The Bertz CT molecular complexity index is 492. The molecule has 94 valence electrons. The highest BCUT2D eigenvalue weighted by Gasteiger charge is 2.17. The van der Waals surface area contributed by atoms with Gasteiger partial charge in [0.2, 0.25) is 0 Å². The highest BCUT2D eigenvalue weighted by Crippen LogP contribution is 2.28. The minimum atomic E-state index is 0.439. The van der Waals surface area contributed by atoms with Crippen LogP contribution in [0.3, 0.4) is 0 Å². The maximum Gasteiger partial charge on any atom is 0.138 e. The third-order valence-electron chi connectivity index (χ3n) is 3.60. The van der Waals surface area contributed by atoms with Crippen LogP contribution in [-0.2, 0) is 13.0 Å². The fourth-order valence-electron chi connectivity index (χ4n) is 2.67. The van der Waals surface area contributed by atoms with E-state index in [-0.39, 0.29) is 0 Å². The molecule has 1 aromatic carbocycles. The Kier molecular flexibility index (Phi) is 3.37. The van der Waals surface area contributed by atoms with E-state index in [0.717, 1.165) is 12.4 Å². The Hall–Kier alpha value is -1.68. The van der Waals surface area contributed by atoms with Crippen LogP contribution in [0.25, 0.3) is 0 Å². The summed E-state index contributed by atoms with van der Waals surface area (Å²) < 4.78 is 0. The summed E-state index contributed by atoms with van der Waals surface area (Å²) in [6, 6.07) is 9.21. The number of benzene rings is 1. The molecule has 1 aromatic heterocycles. The lowest BCUT2D eigenvalue weighted by molar-refractivity contribution is 0.481. The number of nitrogens with zero attached hydrogens (tertiary/aromatic N) is 2. The van der Waals surface area contributed by atoms with Crippen LogP contribution in [0.2, 0.25) is 0 Å². The van der Waals surface area contributed by atoms with Gasteiger partial charge in [-0.1, -0.05) is 30.7 Å². The van der Waals surface area contributed by atoms with E-state index in [1.807, 2.05) is 0 Å². The van der Waals surface area contributed by atoms with Gasteiger partial charge in [-0.25, -0.2) is 4.98 Å². The second-order valence-electron chi connectivity index (χ2n) is 4.81. The van der Waals surface area contributed by atoms with Crippen molar-refractivity contribution in [3.8, 4) is 0 Å². The zero-order chi connectivity index (χ0) is 12.2. The average Bonchev–Trinajstić information content (AvgIpc) is 2.84. The first-order valence-electron chi connectivity index (χ1n) is 6.59. The molecule has 1 aliphatic carbocycles. The molecule has 1 atom stereocenters. The number of aromatic nitrogens is 3. The molecular weight excluding hydrogens is 224 g/mol. The van der Waals surface area contributed by atoms with E-state index in [0.29, 0.717) is 6.04 Å². The lowest BCUT2D eigenvalue weighted by Crippen LogP contribution is -2.21. The monoisotopic (exact) mass is 242 g/mol. The van der Waals surface area contributed by atoms with Crippen LogP contribution in [0.15, 0.2) is 30.6 Å². The fourth-order valence-corrected chi connectivity index (χ4v) is 2.67. The molecule has 2 aromatic rings. The number of aryl methyl sites for hydroxylation is 1. The molecule has 2 N–H and O–H groups in total. The Balaban J connectivity index is 1.75. The SMILES string of the molecule is c1ccc2c(c1)CCCCC2NCc1ncn[nH]1. The number of rotatable bonds is 3. The molecule has 0 saturated heterocycles. The van der Waals surface area contributed by atoms with Gasteiger partial charge >= 0.3 is 0 Å². The number of hydrogen-bond acceptors (Lipinski definition) is 3. The number of H-pyrrole nitrogens is 1. The summed E-state index contributed by atoms with van der Waals surface area (Å²) >= 11 is 0. The van der Waals surface area contributed by atoms with Crippen molar-refractivity contribution in [2.75, 3.05) is 0 Å². The van der Waals surface area contributed by atoms with Crippen molar-refractivity contribution in [2.45, 2.75) is 38.3 Å². The van der Waals surface area contributed by atoms with E-state index in [9.17, 15) is 0 Å². The second kappa shape index (κ2) is 5.31. The van der Waals surface area contributed by atoms with Gasteiger partial charge in [0.1, 0.15) is 12.2 Å². The van der Waals surface area contributed by atoms with E-state index in [4.69, 9.17) is 0 Å². The van der Waals surface area contributed by atoms with Crippen LogP contribution in [0.5, 0.6) is 0 Å². The van der Waals surface area contributed by atoms with Crippen LogP contribution in [0, 0.1) is 0 Å². The lowest BCUT2D eigenvalue weighted by Gasteiger charge is -2.18. The number of aromatic amines is 1.